The van der Waals surface area contributed by atoms with Crippen molar-refractivity contribution in [3.63, 3.8) is 0 Å². The quantitative estimate of drug-likeness (QED) is 0.657. The van der Waals surface area contributed by atoms with Crippen molar-refractivity contribution in [1.29, 1.82) is 0 Å². The number of aryl methyl sites for hydroxylation is 2. The Bertz CT molecular complexity index is 1050. The number of morpholine rings is 1. The van der Waals surface area contributed by atoms with Crippen molar-refractivity contribution >= 4 is 21.6 Å². The van der Waals surface area contributed by atoms with Gasteiger partial charge >= 0.3 is 0 Å². The summed E-state index contributed by atoms with van der Waals surface area (Å²) < 4.78 is 31.8. The summed E-state index contributed by atoms with van der Waals surface area (Å²) in [6, 6.07) is 12.8. The van der Waals surface area contributed by atoms with E-state index in [1.165, 1.54) is 9.87 Å². The first-order valence-electron chi connectivity index (χ1n) is 10.9. The monoisotopic (exact) mass is 459 g/mol. The number of benzene rings is 2. The van der Waals surface area contributed by atoms with Gasteiger partial charge in [-0.25, -0.2) is 8.42 Å². The molecule has 1 aliphatic rings. The van der Waals surface area contributed by atoms with Crippen LogP contribution in [0.3, 0.4) is 0 Å². The summed E-state index contributed by atoms with van der Waals surface area (Å²) in [6.07, 6.45) is 1.13. The van der Waals surface area contributed by atoms with Crippen LogP contribution in [0, 0.1) is 13.8 Å². The lowest BCUT2D eigenvalue weighted by atomic mass is 10.1. The van der Waals surface area contributed by atoms with Crippen molar-refractivity contribution in [3.05, 3.63) is 64.7 Å². The van der Waals surface area contributed by atoms with Crippen LogP contribution in [0.4, 0.5) is 5.69 Å². The summed E-state index contributed by atoms with van der Waals surface area (Å²) in [6.45, 7) is 9.88. The van der Waals surface area contributed by atoms with Crippen molar-refractivity contribution in [2.24, 2.45) is 0 Å². The molecule has 0 bridgehead atoms. The SMILES string of the molecule is Cc1ccc(C)c(N(C(C)C(=O)NCc2cccc(CN3CCOCC3)c2)S(C)(=O)=O)c1. The van der Waals surface area contributed by atoms with Crippen LogP contribution in [-0.4, -0.2) is 57.8 Å². The Morgan fingerprint density at radius 2 is 1.81 bits per heavy atom. The van der Waals surface area contributed by atoms with Gasteiger partial charge in [0.25, 0.3) is 0 Å². The van der Waals surface area contributed by atoms with E-state index in [9.17, 15) is 13.2 Å². The Morgan fingerprint density at radius 1 is 1.12 bits per heavy atom. The number of hydrogen-bond donors (Lipinski definition) is 1. The molecule has 1 aliphatic heterocycles. The first-order chi connectivity index (χ1) is 15.1. The van der Waals surface area contributed by atoms with Gasteiger partial charge in [0.2, 0.25) is 15.9 Å². The van der Waals surface area contributed by atoms with Crippen molar-refractivity contribution in [2.45, 2.75) is 39.9 Å². The number of nitrogens with zero attached hydrogens (tertiary/aromatic N) is 2. The summed E-state index contributed by atoms with van der Waals surface area (Å²) in [7, 11) is -3.65. The van der Waals surface area contributed by atoms with Crippen LogP contribution >= 0.6 is 0 Å². The molecule has 1 atom stereocenters. The van der Waals surface area contributed by atoms with Crippen LogP contribution < -0.4 is 9.62 Å². The smallest absolute Gasteiger partial charge is 0.243 e. The first-order valence-corrected chi connectivity index (χ1v) is 12.7. The Labute approximate surface area is 191 Å². The molecule has 1 amide bonds. The van der Waals surface area contributed by atoms with Crippen molar-refractivity contribution < 1.29 is 17.9 Å². The molecule has 0 saturated carbocycles. The molecule has 1 saturated heterocycles. The van der Waals surface area contributed by atoms with Gasteiger partial charge in [-0.2, -0.15) is 0 Å². The molecule has 174 valence electrons. The fourth-order valence-corrected chi connectivity index (χ4v) is 5.15. The maximum absolute atomic E-state index is 12.9. The van der Waals surface area contributed by atoms with E-state index in [-0.39, 0.29) is 5.91 Å². The predicted molar refractivity (Wildman–Crippen MR) is 127 cm³/mol. The Balaban J connectivity index is 1.69. The number of nitrogens with one attached hydrogen (secondary N) is 1. The van der Waals surface area contributed by atoms with E-state index in [2.05, 4.69) is 22.3 Å². The molecular formula is C24H33N3O4S. The third kappa shape index (κ3) is 6.31. The zero-order chi connectivity index (χ0) is 23.3. The normalized spacial score (nSPS) is 15.9. The molecule has 8 heteroatoms. The maximum atomic E-state index is 12.9. The van der Waals surface area contributed by atoms with E-state index >= 15 is 0 Å². The second-order valence-electron chi connectivity index (χ2n) is 8.45. The maximum Gasteiger partial charge on any atom is 0.243 e. The number of hydrogen-bond acceptors (Lipinski definition) is 5. The van der Waals surface area contributed by atoms with Gasteiger partial charge in [0, 0.05) is 26.2 Å². The molecule has 3 rings (SSSR count). The van der Waals surface area contributed by atoms with Crippen LogP contribution in [0.15, 0.2) is 42.5 Å². The second-order valence-corrected chi connectivity index (χ2v) is 10.3. The summed E-state index contributed by atoms with van der Waals surface area (Å²) in [5, 5.41) is 2.91. The topological polar surface area (TPSA) is 79.0 Å². The number of rotatable bonds is 8. The molecule has 2 aromatic rings. The average molecular weight is 460 g/mol. The standard InChI is InChI=1S/C24H33N3O4S/c1-18-8-9-19(2)23(14-18)27(32(4,29)30)20(3)24(28)25-16-21-6-5-7-22(15-21)17-26-10-12-31-13-11-26/h5-9,14-15,20H,10-13,16-17H2,1-4H3,(H,25,28). The van der Waals surface area contributed by atoms with Crippen LogP contribution in [0.25, 0.3) is 0 Å². The molecule has 32 heavy (non-hydrogen) atoms. The molecule has 7 nitrogen and oxygen atoms in total. The molecule has 1 unspecified atom stereocenters. The average Bonchev–Trinajstić information content (AvgIpc) is 2.74. The molecule has 2 aromatic carbocycles. The van der Waals surface area contributed by atoms with Crippen LogP contribution in [0.1, 0.15) is 29.2 Å². The highest BCUT2D eigenvalue weighted by Gasteiger charge is 2.30. The first kappa shape index (κ1) is 24.2. The number of amides is 1. The van der Waals surface area contributed by atoms with Gasteiger partial charge in [-0.1, -0.05) is 36.4 Å². The summed E-state index contributed by atoms with van der Waals surface area (Å²) in [5.74, 6) is -0.338. The highest BCUT2D eigenvalue weighted by Crippen LogP contribution is 2.26. The lowest BCUT2D eigenvalue weighted by molar-refractivity contribution is -0.122. The Kier molecular flexibility index (Phi) is 7.92. The fraction of sp³-hybridized carbons (Fsp3) is 0.458. The highest BCUT2D eigenvalue weighted by molar-refractivity contribution is 7.92. The van der Waals surface area contributed by atoms with Crippen molar-refractivity contribution in [2.75, 3.05) is 36.9 Å². The zero-order valence-electron chi connectivity index (χ0n) is 19.3. The van der Waals surface area contributed by atoms with Crippen molar-refractivity contribution in [1.82, 2.24) is 10.2 Å². The van der Waals surface area contributed by atoms with Crippen LogP contribution in [-0.2, 0) is 32.6 Å². The largest absolute Gasteiger partial charge is 0.379 e. The molecule has 1 N–H and O–H groups in total. The summed E-state index contributed by atoms with van der Waals surface area (Å²) in [5.41, 5.74) is 4.43. The lowest BCUT2D eigenvalue weighted by Gasteiger charge is -2.30. The molecule has 0 aromatic heterocycles. The van der Waals surface area contributed by atoms with E-state index in [1.807, 2.05) is 38.1 Å². The van der Waals surface area contributed by atoms with E-state index in [0.717, 1.165) is 55.8 Å². The second kappa shape index (κ2) is 10.5. The third-order valence-corrected chi connectivity index (χ3v) is 6.89. The van der Waals surface area contributed by atoms with Gasteiger partial charge < -0.3 is 10.1 Å². The zero-order valence-corrected chi connectivity index (χ0v) is 20.1. The van der Waals surface area contributed by atoms with Crippen molar-refractivity contribution in [3.8, 4) is 0 Å². The summed E-state index contributed by atoms with van der Waals surface area (Å²) in [4.78, 5) is 15.3. The Morgan fingerprint density at radius 3 is 2.50 bits per heavy atom. The van der Waals surface area contributed by atoms with E-state index in [1.54, 1.807) is 13.0 Å². The van der Waals surface area contributed by atoms with Gasteiger partial charge in [-0.3, -0.25) is 14.0 Å². The Hall–Kier alpha value is -2.42. The molecule has 1 fully saturated rings. The lowest BCUT2D eigenvalue weighted by Crippen LogP contribution is -2.48. The van der Waals surface area contributed by atoms with E-state index in [4.69, 9.17) is 4.74 Å². The van der Waals surface area contributed by atoms with Gasteiger partial charge in [0.1, 0.15) is 6.04 Å². The van der Waals surface area contributed by atoms with Gasteiger partial charge in [-0.15, -0.1) is 0 Å². The number of carbonyl (C=O) groups is 1. The summed E-state index contributed by atoms with van der Waals surface area (Å²) >= 11 is 0. The minimum absolute atomic E-state index is 0.338. The molecule has 1 heterocycles. The molecule has 0 spiro atoms. The van der Waals surface area contributed by atoms with Gasteiger partial charge in [0.15, 0.2) is 0 Å². The molecule has 0 aliphatic carbocycles. The number of ether oxygens (including phenoxy) is 1. The predicted octanol–water partition coefficient (Wildman–Crippen LogP) is 2.61. The minimum Gasteiger partial charge on any atom is -0.379 e. The van der Waals surface area contributed by atoms with E-state index in [0.29, 0.717) is 12.2 Å². The van der Waals surface area contributed by atoms with Gasteiger partial charge in [0.05, 0.1) is 25.2 Å². The number of anilines is 1. The molecule has 0 radical (unpaired) electrons. The minimum atomic E-state index is -3.65. The molecular weight excluding hydrogens is 426 g/mol. The van der Waals surface area contributed by atoms with Crippen LogP contribution in [0.5, 0.6) is 0 Å². The number of carbonyl (C=O) groups excluding carboxylic acids is 1. The number of sulfonamides is 1. The fourth-order valence-electron chi connectivity index (χ4n) is 3.93. The highest BCUT2D eigenvalue weighted by atomic mass is 32.2. The van der Waals surface area contributed by atoms with Crippen LogP contribution in [0.2, 0.25) is 0 Å². The third-order valence-electron chi connectivity index (χ3n) is 5.66. The van der Waals surface area contributed by atoms with E-state index < -0.39 is 16.1 Å². The van der Waals surface area contributed by atoms with Gasteiger partial charge in [-0.05, 0) is 49.1 Å².